The highest BCUT2D eigenvalue weighted by atomic mass is 32.2. The third-order valence-corrected chi connectivity index (χ3v) is 3.93. The number of H-pyrrole nitrogens is 1. The summed E-state index contributed by atoms with van der Waals surface area (Å²) >= 11 is 1.39. The quantitative estimate of drug-likeness (QED) is 0.798. The minimum atomic E-state index is -0.308. The lowest BCUT2D eigenvalue weighted by Crippen LogP contribution is -2.18. The highest BCUT2D eigenvalue weighted by Gasteiger charge is 2.12. The second kappa shape index (κ2) is 6.71. The van der Waals surface area contributed by atoms with Crippen molar-refractivity contribution in [2.24, 2.45) is 5.73 Å². The third kappa shape index (κ3) is 3.49. The van der Waals surface area contributed by atoms with Crippen molar-refractivity contribution in [1.29, 1.82) is 0 Å². The Balaban J connectivity index is 2.03. The zero-order chi connectivity index (χ0) is 14.5. The van der Waals surface area contributed by atoms with Crippen LogP contribution >= 0.6 is 11.8 Å². The molecule has 0 bridgehead atoms. The van der Waals surface area contributed by atoms with E-state index in [1.165, 1.54) is 23.9 Å². The summed E-state index contributed by atoms with van der Waals surface area (Å²) in [5.41, 5.74) is 6.55. The van der Waals surface area contributed by atoms with Gasteiger partial charge in [-0.1, -0.05) is 30.8 Å². The number of nitrogens with zero attached hydrogens (tertiary/aromatic N) is 2. The summed E-state index contributed by atoms with van der Waals surface area (Å²) in [5.74, 6) is 0.225. The predicted octanol–water partition coefficient (Wildman–Crippen LogP) is 1.91. The summed E-state index contributed by atoms with van der Waals surface area (Å²) in [7, 11) is 0. The molecule has 108 valence electrons. The summed E-state index contributed by atoms with van der Waals surface area (Å²) in [5, 5.41) is 7.02. The van der Waals surface area contributed by atoms with Crippen molar-refractivity contribution < 1.29 is 4.39 Å². The molecule has 0 fully saturated rings. The average molecular weight is 296 g/mol. The van der Waals surface area contributed by atoms with Crippen LogP contribution < -0.4 is 11.4 Å². The van der Waals surface area contributed by atoms with Gasteiger partial charge in [0.15, 0.2) is 5.16 Å². The molecule has 2 rings (SSSR count). The van der Waals surface area contributed by atoms with E-state index in [9.17, 15) is 9.18 Å². The van der Waals surface area contributed by atoms with Crippen LogP contribution in [0.15, 0.2) is 34.2 Å². The smallest absolute Gasteiger partial charge is 0.323 e. The van der Waals surface area contributed by atoms with Gasteiger partial charge in [0, 0.05) is 18.3 Å². The first-order valence-corrected chi connectivity index (χ1v) is 7.39. The number of thioether (sulfide) groups is 1. The van der Waals surface area contributed by atoms with E-state index in [0.717, 1.165) is 12.0 Å². The third-order valence-electron chi connectivity index (χ3n) is 2.84. The molecule has 1 heterocycles. The summed E-state index contributed by atoms with van der Waals surface area (Å²) in [6, 6.07) is 5.93. The first kappa shape index (κ1) is 14.8. The molecule has 0 saturated carbocycles. The zero-order valence-electron chi connectivity index (χ0n) is 11.2. The first-order chi connectivity index (χ1) is 9.61. The standard InChI is InChI=1S/C13H17FN4OS/c1-2-6-18-12(19)16-17-13(18)20-8-11(15)9-4-3-5-10(14)7-9/h3-5,7,11H,2,6,8,15H2,1H3,(H,16,19). The number of hydrogen-bond donors (Lipinski definition) is 2. The molecule has 3 N–H and O–H groups in total. The van der Waals surface area contributed by atoms with Gasteiger partial charge in [-0.05, 0) is 24.1 Å². The molecule has 0 radical (unpaired) electrons. The summed E-state index contributed by atoms with van der Waals surface area (Å²) in [6.07, 6.45) is 0.850. The molecule has 0 aliphatic heterocycles. The minimum Gasteiger partial charge on any atom is -0.323 e. The van der Waals surface area contributed by atoms with E-state index in [4.69, 9.17) is 5.73 Å². The van der Waals surface area contributed by atoms with E-state index < -0.39 is 0 Å². The highest BCUT2D eigenvalue weighted by Crippen LogP contribution is 2.21. The van der Waals surface area contributed by atoms with Crippen molar-refractivity contribution in [1.82, 2.24) is 14.8 Å². The monoisotopic (exact) mass is 296 g/mol. The SMILES string of the molecule is CCCn1c(SCC(N)c2cccc(F)c2)n[nH]c1=O. The second-order valence-electron chi connectivity index (χ2n) is 4.44. The van der Waals surface area contributed by atoms with Crippen LogP contribution in [0.5, 0.6) is 0 Å². The number of aromatic amines is 1. The van der Waals surface area contributed by atoms with E-state index in [1.807, 2.05) is 6.92 Å². The van der Waals surface area contributed by atoms with Gasteiger partial charge < -0.3 is 5.73 Å². The van der Waals surface area contributed by atoms with E-state index in [1.54, 1.807) is 16.7 Å². The average Bonchev–Trinajstić information content (AvgIpc) is 2.78. The number of nitrogens with one attached hydrogen (secondary N) is 1. The Morgan fingerprint density at radius 2 is 2.35 bits per heavy atom. The lowest BCUT2D eigenvalue weighted by atomic mass is 10.1. The van der Waals surface area contributed by atoms with Gasteiger partial charge in [0.05, 0.1) is 0 Å². The van der Waals surface area contributed by atoms with Crippen LogP contribution in [0, 0.1) is 5.82 Å². The molecule has 20 heavy (non-hydrogen) atoms. The van der Waals surface area contributed by atoms with Crippen molar-refractivity contribution in [3.8, 4) is 0 Å². The van der Waals surface area contributed by atoms with Gasteiger partial charge in [-0.2, -0.15) is 0 Å². The van der Waals surface area contributed by atoms with Gasteiger partial charge in [-0.3, -0.25) is 4.57 Å². The van der Waals surface area contributed by atoms with Crippen LogP contribution in [0.1, 0.15) is 24.9 Å². The molecular weight excluding hydrogens is 279 g/mol. The fourth-order valence-electron chi connectivity index (χ4n) is 1.83. The lowest BCUT2D eigenvalue weighted by Gasteiger charge is -2.11. The van der Waals surface area contributed by atoms with Crippen LogP contribution in [-0.2, 0) is 6.54 Å². The Morgan fingerprint density at radius 3 is 3.05 bits per heavy atom. The molecule has 5 nitrogen and oxygen atoms in total. The number of benzene rings is 1. The Morgan fingerprint density at radius 1 is 1.55 bits per heavy atom. The molecule has 0 aliphatic carbocycles. The number of halogens is 1. The Labute approximate surface area is 120 Å². The van der Waals surface area contributed by atoms with Gasteiger partial charge in [0.25, 0.3) is 0 Å². The highest BCUT2D eigenvalue weighted by molar-refractivity contribution is 7.99. The molecule has 1 unspecified atom stereocenters. The molecule has 7 heteroatoms. The van der Waals surface area contributed by atoms with Gasteiger partial charge in [-0.25, -0.2) is 14.3 Å². The number of aromatic nitrogens is 3. The molecule has 0 amide bonds. The van der Waals surface area contributed by atoms with Crippen molar-refractivity contribution in [2.75, 3.05) is 5.75 Å². The molecule has 0 saturated heterocycles. The maximum absolute atomic E-state index is 13.1. The zero-order valence-corrected chi connectivity index (χ0v) is 12.0. The van der Waals surface area contributed by atoms with Crippen LogP contribution in [0.3, 0.4) is 0 Å². The maximum Gasteiger partial charge on any atom is 0.343 e. The fourth-order valence-corrected chi connectivity index (χ4v) is 2.79. The summed E-state index contributed by atoms with van der Waals surface area (Å²) in [4.78, 5) is 11.5. The molecule has 2 aromatic rings. The van der Waals surface area contributed by atoms with Gasteiger partial charge in [-0.15, -0.1) is 5.10 Å². The van der Waals surface area contributed by atoms with Crippen molar-refractivity contribution in [2.45, 2.75) is 31.1 Å². The van der Waals surface area contributed by atoms with E-state index in [-0.39, 0.29) is 17.5 Å². The summed E-state index contributed by atoms with van der Waals surface area (Å²) < 4.78 is 14.7. The Kier molecular flexibility index (Phi) is 4.97. The van der Waals surface area contributed by atoms with Crippen molar-refractivity contribution in [3.05, 3.63) is 46.1 Å². The number of nitrogens with two attached hydrogens (primary N) is 1. The number of hydrogen-bond acceptors (Lipinski definition) is 4. The molecule has 1 aromatic carbocycles. The summed E-state index contributed by atoms with van der Waals surface area (Å²) in [6.45, 7) is 2.61. The lowest BCUT2D eigenvalue weighted by molar-refractivity contribution is 0.603. The first-order valence-electron chi connectivity index (χ1n) is 6.41. The topological polar surface area (TPSA) is 76.7 Å². The molecule has 0 aliphatic rings. The van der Waals surface area contributed by atoms with Crippen LogP contribution in [-0.4, -0.2) is 20.5 Å². The minimum absolute atomic E-state index is 0.214. The number of rotatable bonds is 6. The molecule has 0 spiro atoms. The normalized spacial score (nSPS) is 12.6. The molecular formula is C13H17FN4OS. The van der Waals surface area contributed by atoms with Gasteiger partial charge >= 0.3 is 5.69 Å². The van der Waals surface area contributed by atoms with Crippen molar-refractivity contribution >= 4 is 11.8 Å². The largest absolute Gasteiger partial charge is 0.343 e. The predicted molar refractivity (Wildman–Crippen MR) is 77.2 cm³/mol. The van der Waals surface area contributed by atoms with Gasteiger partial charge in [0.1, 0.15) is 5.82 Å². The van der Waals surface area contributed by atoms with Crippen LogP contribution in [0.25, 0.3) is 0 Å². The van der Waals surface area contributed by atoms with Gasteiger partial charge in [0.2, 0.25) is 0 Å². The van der Waals surface area contributed by atoms with Crippen LogP contribution in [0.2, 0.25) is 0 Å². The van der Waals surface area contributed by atoms with E-state index in [0.29, 0.717) is 17.5 Å². The van der Waals surface area contributed by atoms with Crippen molar-refractivity contribution in [3.63, 3.8) is 0 Å². The Bertz CT molecular complexity index is 625. The maximum atomic E-state index is 13.1. The fraction of sp³-hybridized carbons (Fsp3) is 0.385. The molecule has 1 atom stereocenters. The second-order valence-corrected chi connectivity index (χ2v) is 5.42. The Hall–Kier alpha value is -1.60. The van der Waals surface area contributed by atoms with Crippen LogP contribution in [0.4, 0.5) is 4.39 Å². The molecule has 1 aromatic heterocycles. The van der Waals surface area contributed by atoms with E-state index >= 15 is 0 Å². The van der Waals surface area contributed by atoms with E-state index in [2.05, 4.69) is 10.2 Å².